The van der Waals surface area contributed by atoms with Crippen LogP contribution in [0, 0.1) is 10.1 Å². The van der Waals surface area contributed by atoms with Gasteiger partial charge in [0.1, 0.15) is 5.82 Å². The van der Waals surface area contributed by atoms with Gasteiger partial charge in [-0.1, -0.05) is 0 Å². The summed E-state index contributed by atoms with van der Waals surface area (Å²) in [7, 11) is 0. The number of anilines is 3. The number of nitrogens with one attached hydrogen (secondary N) is 3. The minimum Gasteiger partial charge on any atom is -0.337 e. The van der Waals surface area contributed by atoms with Crippen LogP contribution < -0.4 is 21.1 Å². The first-order valence-corrected chi connectivity index (χ1v) is 10.5. The van der Waals surface area contributed by atoms with Crippen molar-refractivity contribution in [1.29, 1.82) is 0 Å². The van der Waals surface area contributed by atoms with Gasteiger partial charge in [0.25, 0.3) is 11.2 Å². The normalized spacial score (nSPS) is 22.6. The van der Waals surface area contributed by atoms with Crippen molar-refractivity contribution >= 4 is 35.0 Å². The number of non-ortho nitro benzene ring substituents is 1. The van der Waals surface area contributed by atoms with E-state index >= 15 is 0 Å². The third-order valence-electron chi connectivity index (χ3n) is 6.04. The predicted octanol–water partition coefficient (Wildman–Crippen LogP) is 2.51. The van der Waals surface area contributed by atoms with Crippen LogP contribution >= 0.6 is 0 Å². The van der Waals surface area contributed by atoms with E-state index in [9.17, 15) is 24.5 Å². The molecule has 0 bridgehead atoms. The van der Waals surface area contributed by atoms with Crippen molar-refractivity contribution in [2.24, 2.45) is 0 Å². The van der Waals surface area contributed by atoms with Crippen LogP contribution in [0.1, 0.15) is 51.0 Å². The van der Waals surface area contributed by atoms with Crippen LogP contribution in [-0.2, 0) is 9.59 Å². The molecule has 168 valence electrons. The molecule has 0 spiro atoms. The van der Waals surface area contributed by atoms with E-state index in [1.54, 1.807) is 0 Å². The molecule has 1 fully saturated rings. The summed E-state index contributed by atoms with van der Waals surface area (Å²) >= 11 is 0. The molecule has 1 aromatic heterocycles. The van der Waals surface area contributed by atoms with Crippen LogP contribution in [0.3, 0.4) is 0 Å². The van der Waals surface area contributed by atoms with Crippen LogP contribution in [0.5, 0.6) is 0 Å². The largest absolute Gasteiger partial charge is 0.337 e. The molecular formula is C21H24N6O5. The number of carbonyl (C=O) groups is 2. The number of aromatic amines is 1. The number of hydrogen-bond acceptors (Lipinski definition) is 7. The Hall–Kier alpha value is -3.76. The Kier molecular flexibility index (Phi) is 5.64. The van der Waals surface area contributed by atoms with Gasteiger partial charge in [0.15, 0.2) is 0 Å². The fourth-order valence-corrected chi connectivity index (χ4v) is 4.44. The molecule has 0 aliphatic carbocycles. The molecule has 32 heavy (non-hydrogen) atoms. The minimum atomic E-state index is -1.03. The van der Waals surface area contributed by atoms with Gasteiger partial charge >= 0.3 is 0 Å². The van der Waals surface area contributed by atoms with Crippen molar-refractivity contribution in [3.05, 3.63) is 50.3 Å². The van der Waals surface area contributed by atoms with Crippen molar-refractivity contribution in [2.45, 2.75) is 57.5 Å². The molecule has 3 heterocycles. The third kappa shape index (κ3) is 4.05. The summed E-state index contributed by atoms with van der Waals surface area (Å²) in [6.45, 7) is 4.13. The van der Waals surface area contributed by atoms with Crippen LogP contribution in [0.15, 0.2) is 29.1 Å². The van der Waals surface area contributed by atoms with Crippen molar-refractivity contribution < 1.29 is 14.5 Å². The summed E-state index contributed by atoms with van der Waals surface area (Å²) in [6.07, 6.45) is 2.83. The lowest BCUT2D eigenvalue weighted by Gasteiger charge is -2.39. The maximum absolute atomic E-state index is 13.0. The Morgan fingerprint density at radius 1 is 1.19 bits per heavy atom. The van der Waals surface area contributed by atoms with E-state index in [-0.39, 0.29) is 35.6 Å². The lowest BCUT2D eigenvalue weighted by atomic mass is 9.92. The molecule has 11 nitrogen and oxygen atoms in total. The molecule has 3 N–H and O–H groups in total. The molecule has 0 saturated carbocycles. The summed E-state index contributed by atoms with van der Waals surface area (Å²) in [5.41, 5.74) is -0.159. The highest BCUT2D eigenvalue weighted by molar-refractivity contribution is 6.04. The fourth-order valence-electron chi connectivity index (χ4n) is 4.44. The van der Waals surface area contributed by atoms with Crippen molar-refractivity contribution in [2.75, 3.05) is 15.5 Å². The van der Waals surface area contributed by atoms with Gasteiger partial charge < -0.3 is 15.5 Å². The van der Waals surface area contributed by atoms with E-state index in [0.717, 1.165) is 19.3 Å². The molecule has 2 aliphatic heterocycles. The first-order valence-electron chi connectivity index (χ1n) is 10.5. The first kappa shape index (κ1) is 21.5. The highest BCUT2D eigenvalue weighted by atomic mass is 16.6. The molecule has 1 saturated heterocycles. The van der Waals surface area contributed by atoms with E-state index < -0.39 is 28.2 Å². The summed E-state index contributed by atoms with van der Waals surface area (Å²) < 4.78 is 0. The fraction of sp³-hybridized carbons (Fsp3) is 0.429. The molecule has 11 heteroatoms. The summed E-state index contributed by atoms with van der Waals surface area (Å²) in [5, 5.41) is 16.1. The highest BCUT2D eigenvalue weighted by Crippen LogP contribution is 2.32. The average Bonchev–Trinajstić information content (AvgIpc) is 2.73. The minimum absolute atomic E-state index is 0.0915. The Balaban J connectivity index is 1.64. The van der Waals surface area contributed by atoms with Gasteiger partial charge in [-0.2, -0.15) is 4.98 Å². The number of nitrogens with zero attached hydrogens (tertiary/aromatic N) is 3. The highest BCUT2D eigenvalue weighted by Gasteiger charge is 2.36. The number of benzene rings is 1. The van der Waals surface area contributed by atoms with Gasteiger partial charge in [0, 0.05) is 36.3 Å². The molecule has 2 amide bonds. The third-order valence-corrected chi connectivity index (χ3v) is 6.04. The standard InChI is InChI=1S/C21H24N6O5/c1-11-4-3-5-12(2)26(11)21-24-18-17(20(30)25-21)15(10-16(28)23-18)19(29)22-13-6-8-14(9-7-13)27(31)32/h6-9,11-12,15H,3-5,10H2,1-2H3,(H,22,29)(H2,23,24,25,28,30)/t11-,12+,15-/m0/s1. The summed E-state index contributed by atoms with van der Waals surface area (Å²) in [5.74, 6) is -1.53. The zero-order valence-corrected chi connectivity index (χ0v) is 17.8. The van der Waals surface area contributed by atoms with Crippen molar-refractivity contribution in [1.82, 2.24) is 9.97 Å². The number of nitro groups is 1. The lowest BCUT2D eigenvalue weighted by molar-refractivity contribution is -0.384. The number of carbonyl (C=O) groups excluding carboxylic acids is 2. The maximum Gasteiger partial charge on any atom is 0.269 e. The van der Waals surface area contributed by atoms with Gasteiger partial charge in [-0.25, -0.2) is 0 Å². The summed E-state index contributed by atoms with van der Waals surface area (Å²) in [4.78, 5) is 57.8. The van der Waals surface area contributed by atoms with E-state index in [1.165, 1.54) is 24.3 Å². The lowest BCUT2D eigenvalue weighted by Crippen LogP contribution is -2.46. The zero-order chi connectivity index (χ0) is 23.0. The topological polar surface area (TPSA) is 150 Å². The number of amides is 2. The zero-order valence-electron chi connectivity index (χ0n) is 17.8. The molecule has 2 aliphatic rings. The number of H-pyrrole nitrogens is 1. The molecule has 0 unspecified atom stereocenters. The Morgan fingerprint density at radius 3 is 2.47 bits per heavy atom. The van der Waals surface area contributed by atoms with Crippen molar-refractivity contribution in [3.63, 3.8) is 0 Å². The van der Waals surface area contributed by atoms with E-state index in [4.69, 9.17) is 0 Å². The van der Waals surface area contributed by atoms with Gasteiger partial charge in [0.2, 0.25) is 17.8 Å². The molecule has 3 atom stereocenters. The second-order valence-electron chi connectivity index (χ2n) is 8.29. The number of fused-ring (bicyclic) bond motifs is 1. The van der Waals surface area contributed by atoms with Crippen LogP contribution in [0.4, 0.5) is 23.1 Å². The maximum atomic E-state index is 13.0. The van der Waals surface area contributed by atoms with E-state index in [2.05, 4.69) is 34.4 Å². The molecule has 1 aromatic carbocycles. The number of aromatic nitrogens is 2. The Bertz CT molecular complexity index is 1120. The van der Waals surface area contributed by atoms with Crippen LogP contribution in [-0.4, -0.2) is 38.8 Å². The average molecular weight is 440 g/mol. The second-order valence-corrected chi connectivity index (χ2v) is 8.29. The Labute approximate surface area is 183 Å². The number of rotatable bonds is 4. The molecule has 0 radical (unpaired) electrons. The first-order chi connectivity index (χ1) is 15.2. The molecule has 2 aromatic rings. The smallest absolute Gasteiger partial charge is 0.269 e. The SMILES string of the molecule is C[C@@H]1CCC[C@H](C)N1c1nc2c(c(=O)[nH]1)[C@@H](C(=O)Nc1ccc([N+](=O)[O-])cc1)CC(=O)N2. The quantitative estimate of drug-likeness (QED) is 0.488. The van der Waals surface area contributed by atoms with E-state index in [0.29, 0.717) is 11.6 Å². The number of hydrogen-bond donors (Lipinski definition) is 3. The number of nitro benzene ring substituents is 1. The molecular weight excluding hydrogens is 416 g/mol. The van der Waals surface area contributed by atoms with Gasteiger partial charge in [-0.3, -0.25) is 29.5 Å². The Morgan fingerprint density at radius 2 is 1.84 bits per heavy atom. The second kappa shape index (κ2) is 8.40. The van der Waals surface area contributed by atoms with Gasteiger partial charge in [-0.15, -0.1) is 0 Å². The summed E-state index contributed by atoms with van der Waals surface area (Å²) in [6, 6.07) is 5.67. The van der Waals surface area contributed by atoms with Gasteiger partial charge in [0.05, 0.1) is 16.4 Å². The molecule has 4 rings (SSSR count). The van der Waals surface area contributed by atoms with Gasteiger partial charge in [-0.05, 0) is 45.2 Å². The van der Waals surface area contributed by atoms with Crippen LogP contribution in [0.25, 0.3) is 0 Å². The van der Waals surface area contributed by atoms with Crippen molar-refractivity contribution in [3.8, 4) is 0 Å². The monoisotopic (exact) mass is 440 g/mol. The number of piperidine rings is 1. The predicted molar refractivity (Wildman–Crippen MR) is 118 cm³/mol. The van der Waals surface area contributed by atoms with E-state index in [1.807, 2.05) is 4.90 Å². The van der Waals surface area contributed by atoms with Crippen LogP contribution in [0.2, 0.25) is 0 Å².